The van der Waals surface area contributed by atoms with Crippen molar-refractivity contribution < 1.29 is 17.6 Å². The Morgan fingerprint density at radius 1 is 1.08 bits per heavy atom. The number of benzene rings is 2. The Morgan fingerprint density at radius 2 is 1.79 bits per heavy atom. The number of hydrogen-bond donors (Lipinski definition) is 1. The average Bonchev–Trinajstić information content (AvgIpc) is 3.00. The first-order chi connectivity index (χ1) is 11.5. The van der Waals surface area contributed by atoms with E-state index in [1.807, 2.05) is 0 Å². The van der Waals surface area contributed by atoms with Gasteiger partial charge in [0.2, 0.25) is 15.9 Å². The van der Waals surface area contributed by atoms with Crippen LogP contribution in [0, 0.1) is 5.82 Å². The Balaban J connectivity index is 1.73. The van der Waals surface area contributed by atoms with Crippen LogP contribution in [-0.4, -0.2) is 20.9 Å². The molecule has 0 aliphatic carbocycles. The number of hydrogen-bond acceptors (Lipinski definition) is 3. The third-order valence-electron chi connectivity index (χ3n) is 3.94. The third-order valence-corrected chi connectivity index (χ3v) is 5.36. The second kappa shape index (κ2) is 6.70. The number of carbonyl (C=O) groups is 1. The Labute approximate surface area is 140 Å². The summed E-state index contributed by atoms with van der Waals surface area (Å²) in [5.41, 5.74) is 0.964. The van der Waals surface area contributed by atoms with Crippen molar-refractivity contribution in [1.29, 1.82) is 0 Å². The molecule has 1 fully saturated rings. The van der Waals surface area contributed by atoms with Gasteiger partial charge in [-0.2, -0.15) is 0 Å². The fourth-order valence-electron chi connectivity index (χ4n) is 2.62. The summed E-state index contributed by atoms with van der Waals surface area (Å²) in [4.78, 5) is 13.4. The van der Waals surface area contributed by atoms with Crippen LogP contribution in [-0.2, 0) is 21.4 Å². The van der Waals surface area contributed by atoms with E-state index in [9.17, 15) is 17.6 Å². The van der Waals surface area contributed by atoms with Gasteiger partial charge in [-0.05, 0) is 36.8 Å². The second-order valence-corrected chi connectivity index (χ2v) is 7.33. The van der Waals surface area contributed by atoms with Crippen LogP contribution in [0.4, 0.5) is 10.1 Å². The van der Waals surface area contributed by atoms with E-state index in [-0.39, 0.29) is 22.9 Å². The lowest BCUT2D eigenvalue weighted by molar-refractivity contribution is -0.117. The van der Waals surface area contributed by atoms with Crippen molar-refractivity contribution in [3.8, 4) is 0 Å². The third kappa shape index (κ3) is 3.47. The zero-order valence-electron chi connectivity index (χ0n) is 12.9. The van der Waals surface area contributed by atoms with Gasteiger partial charge >= 0.3 is 0 Å². The summed E-state index contributed by atoms with van der Waals surface area (Å²) in [7, 11) is -3.75. The second-order valence-electron chi connectivity index (χ2n) is 5.56. The van der Waals surface area contributed by atoms with Gasteiger partial charge in [0, 0.05) is 30.8 Å². The van der Waals surface area contributed by atoms with Crippen LogP contribution in [0.3, 0.4) is 0 Å². The molecule has 0 spiro atoms. The number of anilines is 1. The first-order valence-corrected chi connectivity index (χ1v) is 9.09. The molecule has 126 valence electrons. The summed E-state index contributed by atoms with van der Waals surface area (Å²) in [5.74, 6) is -0.411. The molecular formula is C17H17FN2O3S. The minimum atomic E-state index is -3.75. The van der Waals surface area contributed by atoms with Crippen LogP contribution in [0.15, 0.2) is 53.4 Å². The molecule has 3 rings (SSSR count). The molecule has 0 atom stereocenters. The largest absolute Gasteiger partial charge is 0.312 e. The summed E-state index contributed by atoms with van der Waals surface area (Å²) < 4.78 is 40.5. The maximum absolute atomic E-state index is 13.6. The Hall–Kier alpha value is -2.25. The zero-order chi connectivity index (χ0) is 17.2. The van der Waals surface area contributed by atoms with E-state index >= 15 is 0 Å². The van der Waals surface area contributed by atoms with Crippen molar-refractivity contribution in [2.75, 3.05) is 11.4 Å². The van der Waals surface area contributed by atoms with E-state index in [1.54, 1.807) is 29.2 Å². The van der Waals surface area contributed by atoms with Gasteiger partial charge in [-0.3, -0.25) is 4.79 Å². The fraction of sp³-hybridized carbons (Fsp3) is 0.235. The van der Waals surface area contributed by atoms with E-state index < -0.39 is 15.8 Å². The molecule has 0 radical (unpaired) electrons. The smallest absolute Gasteiger partial charge is 0.240 e. The first-order valence-electron chi connectivity index (χ1n) is 7.61. The summed E-state index contributed by atoms with van der Waals surface area (Å²) in [6.45, 7) is 0.526. The van der Waals surface area contributed by atoms with Crippen molar-refractivity contribution in [3.63, 3.8) is 0 Å². The lowest BCUT2D eigenvalue weighted by atomic mass is 10.2. The Bertz CT molecular complexity index is 850. The molecule has 1 aliphatic rings. The average molecular weight is 348 g/mol. The molecule has 1 aliphatic heterocycles. The maximum atomic E-state index is 13.6. The maximum Gasteiger partial charge on any atom is 0.240 e. The lowest BCUT2D eigenvalue weighted by Crippen LogP contribution is -2.25. The van der Waals surface area contributed by atoms with E-state index in [0.29, 0.717) is 18.7 Å². The summed E-state index contributed by atoms with van der Waals surface area (Å²) in [6, 6.07) is 12.1. The van der Waals surface area contributed by atoms with Crippen LogP contribution in [0.5, 0.6) is 0 Å². The first kappa shape index (κ1) is 16.6. The molecular weight excluding hydrogens is 331 g/mol. The van der Waals surface area contributed by atoms with Crippen molar-refractivity contribution in [3.05, 3.63) is 59.9 Å². The molecule has 24 heavy (non-hydrogen) atoms. The van der Waals surface area contributed by atoms with Crippen molar-refractivity contribution in [1.82, 2.24) is 4.72 Å². The van der Waals surface area contributed by atoms with Crippen molar-refractivity contribution in [2.24, 2.45) is 0 Å². The van der Waals surface area contributed by atoms with Crippen LogP contribution >= 0.6 is 0 Å². The van der Waals surface area contributed by atoms with Gasteiger partial charge in [0.15, 0.2) is 0 Å². The number of amides is 1. The number of rotatable bonds is 5. The number of carbonyl (C=O) groups excluding carboxylic acids is 1. The normalized spacial score (nSPS) is 15.0. The van der Waals surface area contributed by atoms with Gasteiger partial charge in [-0.1, -0.05) is 18.2 Å². The SMILES string of the molecule is O=C1CCCN1c1ccc(S(=O)(=O)NCc2ccccc2F)cc1. The quantitative estimate of drug-likeness (QED) is 0.902. The van der Waals surface area contributed by atoms with Crippen LogP contribution in [0.2, 0.25) is 0 Å². The van der Waals surface area contributed by atoms with E-state index in [0.717, 1.165) is 6.42 Å². The molecule has 1 N–H and O–H groups in total. The van der Waals surface area contributed by atoms with Crippen LogP contribution < -0.4 is 9.62 Å². The molecule has 5 nitrogen and oxygen atoms in total. The highest BCUT2D eigenvalue weighted by Crippen LogP contribution is 2.23. The summed E-state index contributed by atoms with van der Waals surface area (Å²) >= 11 is 0. The molecule has 2 aromatic rings. The molecule has 1 saturated heterocycles. The molecule has 2 aromatic carbocycles. The fourth-order valence-corrected chi connectivity index (χ4v) is 3.63. The number of nitrogens with zero attached hydrogens (tertiary/aromatic N) is 1. The molecule has 1 amide bonds. The monoisotopic (exact) mass is 348 g/mol. The Kier molecular flexibility index (Phi) is 4.64. The Morgan fingerprint density at radius 3 is 2.42 bits per heavy atom. The highest BCUT2D eigenvalue weighted by atomic mass is 32.2. The van der Waals surface area contributed by atoms with Gasteiger partial charge in [0.25, 0.3) is 0 Å². The molecule has 0 bridgehead atoms. The van der Waals surface area contributed by atoms with Crippen molar-refractivity contribution >= 4 is 21.6 Å². The minimum absolute atomic E-state index is 0.0447. The van der Waals surface area contributed by atoms with E-state index in [1.165, 1.54) is 24.3 Å². The summed E-state index contributed by atoms with van der Waals surface area (Å²) in [5, 5.41) is 0. The van der Waals surface area contributed by atoms with Gasteiger partial charge < -0.3 is 4.90 Å². The molecule has 7 heteroatoms. The highest BCUT2D eigenvalue weighted by molar-refractivity contribution is 7.89. The molecule has 1 heterocycles. The predicted octanol–water partition coefficient (Wildman–Crippen LogP) is 2.43. The van der Waals surface area contributed by atoms with Crippen LogP contribution in [0.25, 0.3) is 0 Å². The molecule has 0 saturated carbocycles. The van der Waals surface area contributed by atoms with Crippen molar-refractivity contribution in [2.45, 2.75) is 24.3 Å². The predicted molar refractivity (Wildman–Crippen MR) is 88.5 cm³/mol. The number of nitrogens with one attached hydrogen (secondary N) is 1. The minimum Gasteiger partial charge on any atom is -0.312 e. The zero-order valence-corrected chi connectivity index (χ0v) is 13.7. The van der Waals surface area contributed by atoms with Gasteiger partial charge in [-0.25, -0.2) is 17.5 Å². The highest BCUT2D eigenvalue weighted by Gasteiger charge is 2.22. The number of halogens is 1. The van der Waals surface area contributed by atoms with E-state index in [4.69, 9.17) is 0 Å². The molecule has 0 aromatic heterocycles. The van der Waals surface area contributed by atoms with Crippen LogP contribution in [0.1, 0.15) is 18.4 Å². The summed E-state index contributed by atoms with van der Waals surface area (Å²) in [6.07, 6.45) is 1.33. The van der Waals surface area contributed by atoms with Gasteiger partial charge in [-0.15, -0.1) is 0 Å². The topological polar surface area (TPSA) is 66.5 Å². The standard InChI is InChI=1S/C17H17FN2O3S/c18-16-5-2-1-4-13(16)12-19-24(22,23)15-9-7-14(8-10-15)20-11-3-6-17(20)21/h1-2,4-5,7-10,19H,3,6,11-12H2. The number of sulfonamides is 1. The van der Waals surface area contributed by atoms with E-state index in [2.05, 4.69) is 4.72 Å². The molecule has 0 unspecified atom stereocenters. The lowest BCUT2D eigenvalue weighted by Gasteiger charge is -2.16. The van der Waals surface area contributed by atoms with Gasteiger partial charge in [0.05, 0.1) is 4.90 Å². The van der Waals surface area contributed by atoms with Gasteiger partial charge in [0.1, 0.15) is 5.82 Å².